The van der Waals surface area contributed by atoms with E-state index < -0.39 is 23.4 Å². The molecular weight excluding hydrogens is 1430 g/mol. The molecule has 0 saturated heterocycles. The van der Waals surface area contributed by atoms with Crippen LogP contribution in [0, 0.1) is 11.6 Å². The number of halogens is 2. The van der Waals surface area contributed by atoms with Crippen LogP contribution in [0.15, 0.2) is 243 Å². The first-order valence-electron chi connectivity index (χ1n) is 36.3. The molecule has 3 heterocycles. The van der Waals surface area contributed by atoms with E-state index in [1.54, 1.807) is 45.6 Å². The highest BCUT2D eigenvalue weighted by molar-refractivity contribution is 6.92. The highest BCUT2D eigenvalue weighted by Gasteiger charge is 2.31. The summed E-state index contributed by atoms with van der Waals surface area (Å²) in [4.78, 5) is 27.2. The summed E-state index contributed by atoms with van der Waals surface area (Å²) in [6.07, 6.45) is 16.6. The standard InChI is InChI=1S/C36H36FNO5.C29H31NO5.C26H26FNO2.2H3P/c1-4-41-33-15-10-27(11-16-33)25-42-35(39)38(24-28-6-5-7-30(37)22-28)31-12-17-34-29(23-31)19-21-36(2,43-34)20-18-26-8-13-32(40-3)14-9-26;1-4-33-26-12-7-22(8-13-26)20-34-28(31)30-24-9-14-27-23(19-24)16-18-29(2,35-27)17-15-21-5-10-25(32-3)11-6-21;1-26(14-12-19-6-9-24(29-2)10-7-19)15-13-21-17-23(8-11-25(21)30-26)28-18-20-4-3-5-22(27)16-20;;/h5-17,19,21-23H,4,18,20,24-25H2,1-3H3;5-14,16,18-19H,4,15,17,20H2,1-3H3,(H,30,31);3-11,13,15-17,28H,12,14,18H2,1-2H3;2*1H3. The van der Waals surface area contributed by atoms with Crippen molar-refractivity contribution in [3.63, 3.8) is 0 Å². The van der Waals surface area contributed by atoms with Crippen LogP contribution < -0.4 is 53.4 Å². The zero-order valence-electron chi connectivity index (χ0n) is 63.8. The topological polar surface area (TPSA) is 154 Å². The molecule has 2 amide bonds. The van der Waals surface area contributed by atoms with Gasteiger partial charge < -0.3 is 52.7 Å². The summed E-state index contributed by atoms with van der Waals surface area (Å²) in [5, 5.41) is 6.13. The van der Waals surface area contributed by atoms with Crippen LogP contribution in [-0.2, 0) is 55.0 Å². The minimum Gasteiger partial charge on any atom is -0.497 e. The normalized spacial score (nSPS) is 15.8. The molecule has 5 atom stereocenters. The lowest BCUT2D eigenvalue weighted by Gasteiger charge is -2.32. The number of ether oxygens (including phenoxy) is 10. The van der Waals surface area contributed by atoms with Gasteiger partial charge in [-0.15, -0.1) is 0 Å². The molecule has 3 aliphatic rings. The van der Waals surface area contributed by atoms with E-state index in [4.69, 9.17) is 47.4 Å². The lowest BCUT2D eigenvalue weighted by molar-refractivity contribution is 0.127. The van der Waals surface area contributed by atoms with E-state index >= 15 is 0 Å². The van der Waals surface area contributed by atoms with Crippen molar-refractivity contribution in [3.05, 3.63) is 310 Å². The number of carbonyl (C=O) groups excluding carboxylic acids is 2. The smallest absolute Gasteiger partial charge is 0.414 e. The molecule has 2 N–H and O–H groups in total. The van der Waals surface area contributed by atoms with E-state index in [-0.39, 0.29) is 56.8 Å². The monoisotopic (exact) mass is 1530 g/mol. The Hall–Kier alpha value is -11.1. The van der Waals surface area contributed by atoms with Crippen LogP contribution in [0.3, 0.4) is 0 Å². The molecule has 5 unspecified atom stereocenters. The maximum absolute atomic E-state index is 14.0. The molecular formula is C91H99F2N3O12P2. The molecule has 0 aliphatic carbocycles. The van der Waals surface area contributed by atoms with Gasteiger partial charge in [0.05, 0.1) is 41.1 Å². The van der Waals surface area contributed by atoms with E-state index in [0.717, 1.165) is 124 Å². The van der Waals surface area contributed by atoms with Crippen LogP contribution in [0.1, 0.15) is 110 Å². The SMILES string of the molecule is CCOc1ccc(COC(=O)N(Cc2cccc(F)c2)c2ccc3c(c2)C=CC(C)(CCc2ccc(OC)cc2)O3)cc1.CCOc1ccc(COC(=O)Nc2ccc3c(c2)C=CC(C)(CCc2ccc(OC)cc2)O3)cc1.COc1ccc(CCC2(C)C=Cc3cc(NCc4cccc(F)c4)ccc3O2)cc1.P.P. The fourth-order valence-electron chi connectivity index (χ4n) is 12.4. The van der Waals surface area contributed by atoms with Gasteiger partial charge in [-0.25, -0.2) is 18.4 Å². The Bertz CT molecular complexity index is 4740. The minimum atomic E-state index is -0.539. The molecule has 110 heavy (non-hydrogen) atoms. The first kappa shape index (κ1) is 82.9. The van der Waals surface area contributed by atoms with E-state index in [1.807, 2.05) is 166 Å². The Labute approximate surface area is 651 Å². The van der Waals surface area contributed by atoms with Gasteiger partial charge in [0.2, 0.25) is 0 Å². The molecule has 0 saturated carbocycles. The fourth-order valence-corrected chi connectivity index (χ4v) is 12.4. The number of methoxy groups -OCH3 is 3. The van der Waals surface area contributed by atoms with Crippen molar-refractivity contribution in [2.24, 2.45) is 0 Å². The molecule has 574 valence electrons. The Morgan fingerprint density at radius 3 is 1.24 bits per heavy atom. The van der Waals surface area contributed by atoms with Crippen LogP contribution in [0.25, 0.3) is 18.2 Å². The highest BCUT2D eigenvalue weighted by atomic mass is 31.0. The predicted molar refractivity (Wildman–Crippen MR) is 445 cm³/mol. The van der Waals surface area contributed by atoms with Gasteiger partial charge in [-0.1, -0.05) is 103 Å². The second kappa shape index (κ2) is 39.8. The number of hydrogen-bond donors (Lipinski definition) is 2. The molecule has 10 aromatic rings. The van der Waals surface area contributed by atoms with Crippen LogP contribution in [0.5, 0.6) is 46.0 Å². The van der Waals surface area contributed by atoms with Crippen molar-refractivity contribution >= 4 is 67.3 Å². The van der Waals surface area contributed by atoms with Gasteiger partial charge in [-0.3, -0.25) is 10.2 Å². The zero-order valence-corrected chi connectivity index (χ0v) is 66.7. The molecule has 10 aromatic carbocycles. The number of amides is 2. The summed E-state index contributed by atoms with van der Waals surface area (Å²) >= 11 is 0. The van der Waals surface area contributed by atoms with E-state index in [0.29, 0.717) is 36.7 Å². The molecule has 0 bridgehead atoms. The molecule has 15 nitrogen and oxygen atoms in total. The van der Waals surface area contributed by atoms with Crippen LogP contribution in [0.2, 0.25) is 0 Å². The molecule has 0 radical (unpaired) electrons. The van der Waals surface area contributed by atoms with Crippen molar-refractivity contribution in [2.45, 2.75) is 116 Å². The first-order valence-corrected chi connectivity index (χ1v) is 36.3. The number of anilines is 3. The Morgan fingerprint density at radius 1 is 0.418 bits per heavy atom. The van der Waals surface area contributed by atoms with Gasteiger partial charge in [0.15, 0.2) is 0 Å². The van der Waals surface area contributed by atoms with Gasteiger partial charge in [0.25, 0.3) is 0 Å². The molecule has 13 rings (SSSR count). The van der Waals surface area contributed by atoms with Crippen LogP contribution in [-0.4, -0.2) is 63.5 Å². The number of nitrogens with zero attached hydrogens (tertiary/aromatic N) is 1. The number of benzene rings is 10. The summed E-state index contributed by atoms with van der Waals surface area (Å²) in [5.74, 6) is 5.93. The number of rotatable bonds is 27. The van der Waals surface area contributed by atoms with Crippen LogP contribution in [0.4, 0.5) is 35.4 Å². The van der Waals surface area contributed by atoms with Gasteiger partial charge in [-0.2, -0.15) is 19.8 Å². The highest BCUT2D eigenvalue weighted by Crippen LogP contribution is 2.40. The third-order valence-corrected chi connectivity index (χ3v) is 18.7. The third kappa shape index (κ3) is 24.2. The van der Waals surface area contributed by atoms with Crippen molar-refractivity contribution in [1.29, 1.82) is 0 Å². The largest absolute Gasteiger partial charge is 0.497 e. The van der Waals surface area contributed by atoms with Crippen LogP contribution >= 0.6 is 19.8 Å². The summed E-state index contributed by atoms with van der Waals surface area (Å²) in [7, 11) is 5.00. The second-order valence-corrected chi connectivity index (χ2v) is 27.1. The van der Waals surface area contributed by atoms with Crippen molar-refractivity contribution in [3.8, 4) is 46.0 Å². The van der Waals surface area contributed by atoms with Gasteiger partial charge in [0.1, 0.15) is 87.6 Å². The molecule has 0 aromatic heterocycles. The number of nitrogens with one attached hydrogen (secondary N) is 2. The Morgan fingerprint density at radius 2 is 0.800 bits per heavy atom. The van der Waals surface area contributed by atoms with Gasteiger partial charge in [0, 0.05) is 40.3 Å². The number of carbonyl (C=O) groups is 2. The quantitative estimate of drug-likeness (QED) is 0.0470. The predicted octanol–water partition coefficient (Wildman–Crippen LogP) is 21.4. The summed E-state index contributed by atoms with van der Waals surface area (Å²) in [6, 6.07) is 69.3. The third-order valence-electron chi connectivity index (χ3n) is 18.7. The maximum atomic E-state index is 14.0. The van der Waals surface area contributed by atoms with Gasteiger partial charge in [-0.05, 0) is 270 Å². The number of hydrogen-bond acceptors (Lipinski definition) is 13. The minimum absolute atomic E-state index is 0. The lowest BCUT2D eigenvalue weighted by Crippen LogP contribution is -2.33. The first-order chi connectivity index (χ1) is 52.3. The lowest BCUT2D eigenvalue weighted by atomic mass is 9.93. The summed E-state index contributed by atoms with van der Waals surface area (Å²) < 4.78 is 84.1. The number of aryl methyl sites for hydroxylation is 3. The van der Waals surface area contributed by atoms with Crippen molar-refractivity contribution in [2.75, 3.05) is 50.1 Å². The van der Waals surface area contributed by atoms with Crippen molar-refractivity contribution in [1.82, 2.24) is 0 Å². The molecule has 0 fully saturated rings. The van der Waals surface area contributed by atoms with E-state index in [9.17, 15) is 18.4 Å². The van der Waals surface area contributed by atoms with Crippen molar-refractivity contribution < 1.29 is 65.7 Å². The van der Waals surface area contributed by atoms with E-state index in [2.05, 4.69) is 98.2 Å². The summed E-state index contributed by atoms with van der Waals surface area (Å²) in [5.41, 5.74) is 10.8. The Balaban J connectivity index is 0.000000191. The van der Waals surface area contributed by atoms with E-state index in [1.165, 1.54) is 39.8 Å². The molecule has 0 spiro atoms. The fraction of sp³-hybridized carbons (Fsp3) is 0.253. The summed E-state index contributed by atoms with van der Waals surface area (Å²) in [6.45, 7) is 12.3. The second-order valence-electron chi connectivity index (χ2n) is 27.1. The average molecular weight is 1530 g/mol. The maximum Gasteiger partial charge on any atom is 0.414 e. The average Bonchev–Trinajstić information content (AvgIpc) is 0.800. The number of fused-ring (bicyclic) bond motifs is 3. The van der Waals surface area contributed by atoms with Gasteiger partial charge >= 0.3 is 12.2 Å². The molecule has 3 aliphatic heterocycles. The Kier molecular flexibility index (Phi) is 30.0. The zero-order chi connectivity index (χ0) is 75.9. The molecule has 19 heteroatoms.